The van der Waals surface area contributed by atoms with E-state index in [-0.39, 0.29) is 6.03 Å². The van der Waals surface area contributed by atoms with E-state index < -0.39 is 0 Å². The number of carbonyl (C=O) groups excluding carboxylic acids is 1. The third-order valence-electron chi connectivity index (χ3n) is 3.67. The van der Waals surface area contributed by atoms with E-state index in [1.165, 1.54) is 5.56 Å². The molecule has 0 saturated heterocycles. The van der Waals surface area contributed by atoms with Crippen molar-refractivity contribution in [1.29, 1.82) is 0 Å². The Bertz CT molecular complexity index is 890. The molecular formula is C22H20N2OS. The molecule has 2 amide bonds. The highest BCUT2D eigenvalue weighted by Crippen LogP contribution is 2.33. The number of urea groups is 1. The van der Waals surface area contributed by atoms with Crippen LogP contribution in [0.4, 0.5) is 10.5 Å². The molecule has 0 aromatic heterocycles. The molecule has 0 aliphatic carbocycles. The first-order valence-electron chi connectivity index (χ1n) is 8.33. The summed E-state index contributed by atoms with van der Waals surface area (Å²) in [5.41, 5.74) is 3.03. The average molecular weight is 360 g/mol. The lowest BCUT2D eigenvalue weighted by Crippen LogP contribution is -2.24. The standard InChI is InChI=1S/C22H20N2OS/c1-17-11-13-18(14-12-17)15-16-23-22(25)24-20-9-5-6-10-21(20)26-19-7-3-2-4-8-19/h2-16H,1H3,(H2,23,24,25)/b16-15+. The Morgan fingerprint density at radius 3 is 2.35 bits per heavy atom. The van der Waals surface area contributed by atoms with Crippen LogP contribution in [0.3, 0.4) is 0 Å². The highest BCUT2D eigenvalue weighted by molar-refractivity contribution is 7.99. The Morgan fingerprint density at radius 2 is 1.58 bits per heavy atom. The summed E-state index contributed by atoms with van der Waals surface area (Å²) in [6, 6.07) is 25.7. The van der Waals surface area contributed by atoms with Crippen LogP contribution in [0, 0.1) is 6.92 Å². The smallest absolute Gasteiger partial charge is 0.314 e. The Morgan fingerprint density at radius 1 is 0.885 bits per heavy atom. The van der Waals surface area contributed by atoms with Crippen LogP contribution >= 0.6 is 11.8 Å². The van der Waals surface area contributed by atoms with Crippen LogP contribution in [0.5, 0.6) is 0 Å². The Labute approximate surface area is 158 Å². The van der Waals surface area contributed by atoms with E-state index in [9.17, 15) is 4.79 Å². The minimum atomic E-state index is -0.269. The Kier molecular flexibility index (Phi) is 6.12. The molecule has 0 bridgehead atoms. The molecule has 26 heavy (non-hydrogen) atoms. The number of aryl methyl sites for hydroxylation is 1. The van der Waals surface area contributed by atoms with E-state index in [4.69, 9.17) is 0 Å². The minimum Gasteiger partial charge on any atom is -0.314 e. The van der Waals surface area contributed by atoms with Gasteiger partial charge in [0.1, 0.15) is 0 Å². The first-order chi connectivity index (χ1) is 12.7. The summed E-state index contributed by atoms with van der Waals surface area (Å²) in [5.74, 6) is 0. The van der Waals surface area contributed by atoms with Crippen LogP contribution < -0.4 is 10.6 Å². The van der Waals surface area contributed by atoms with Crippen LogP contribution in [-0.2, 0) is 0 Å². The molecule has 3 rings (SSSR count). The summed E-state index contributed by atoms with van der Waals surface area (Å²) in [4.78, 5) is 14.3. The highest BCUT2D eigenvalue weighted by atomic mass is 32.2. The van der Waals surface area contributed by atoms with Gasteiger partial charge in [-0.3, -0.25) is 0 Å². The zero-order valence-corrected chi connectivity index (χ0v) is 15.3. The molecule has 4 heteroatoms. The Hall–Kier alpha value is -2.98. The van der Waals surface area contributed by atoms with Crippen LogP contribution in [-0.4, -0.2) is 6.03 Å². The maximum Gasteiger partial charge on any atom is 0.323 e. The topological polar surface area (TPSA) is 41.1 Å². The van der Waals surface area contributed by atoms with Crippen molar-refractivity contribution in [3.8, 4) is 0 Å². The van der Waals surface area contributed by atoms with Gasteiger partial charge in [0.15, 0.2) is 0 Å². The van der Waals surface area contributed by atoms with Crippen LogP contribution in [0.15, 0.2) is 94.9 Å². The second kappa shape index (κ2) is 8.92. The third kappa shape index (κ3) is 5.26. The number of nitrogens with one attached hydrogen (secondary N) is 2. The van der Waals surface area contributed by atoms with Gasteiger partial charge >= 0.3 is 6.03 Å². The second-order valence-corrected chi connectivity index (χ2v) is 6.87. The molecule has 3 aromatic rings. The maximum atomic E-state index is 12.2. The number of hydrogen-bond donors (Lipinski definition) is 2. The van der Waals surface area contributed by atoms with Gasteiger partial charge in [-0.1, -0.05) is 71.9 Å². The third-order valence-corrected chi connectivity index (χ3v) is 4.76. The first kappa shape index (κ1) is 17.8. The molecule has 0 radical (unpaired) electrons. The Balaban J connectivity index is 1.61. The summed E-state index contributed by atoms with van der Waals surface area (Å²) in [7, 11) is 0. The molecule has 130 valence electrons. The molecule has 2 N–H and O–H groups in total. The van der Waals surface area contributed by atoms with Crippen molar-refractivity contribution in [3.63, 3.8) is 0 Å². The molecule has 0 aliphatic rings. The number of rotatable bonds is 5. The molecule has 0 saturated carbocycles. The van der Waals surface area contributed by atoms with Crippen LogP contribution in [0.2, 0.25) is 0 Å². The summed E-state index contributed by atoms with van der Waals surface area (Å²) in [6.45, 7) is 2.05. The lowest BCUT2D eigenvalue weighted by Gasteiger charge is -2.10. The minimum absolute atomic E-state index is 0.269. The lowest BCUT2D eigenvalue weighted by atomic mass is 10.1. The van der Waals surface area contributed by atoms with Gasteiger partial charge < -0.3 is 10.6 Å². The van der Waals surface area contributed by atoms with Gasteiger partial charge in [0.2, 0.25) is 0 Å². The highest BCUT2D eigenvalue weighted by Gasteiger charge is 2.06. The largest absolute Gasteiger partial charge is 0.323 e. The van der Waals surface area contributed by atoms with E-state index >= 15 is 0 Å². The SMILES string of the molecule is Cc1ccc(/C=C/NC(=O)Nc2ccccc2Sc2ccccc2)cc1. The van der Waals surface area contributed by atoms with Crippen molar-refractivity contribution < 1.29 is 4.79 Å². The quantitative estimate of drug-likeness (QED) is 0.591. The number of carbonyl (C=O) groups is 1. The van der Waals surface area contributed by atoms with E-state index in [1.807, 2.05) is 91.9 Å². The fourth-order valence-electron chi connectivity index (χ4n) is 2.32. The fraction of sp³-hybridized carbons (Fsp3) is 0.0455. The molecule has 0 atom stereocenters. The lowest BCUT2D eigenvalue weighted by molar-refractivity contribution is 0.255. The van der Waals surface area contributed by atoms with Crippen molar-refractivity contribution in [2.24, 2.45) is 0 Å². The van der Waals surface area contributed by atoms with E-state index in [0.29, 0.717) is 0 Å². The summed E-state index contributed by atoms with van der Waals surface area (Å²) < 4.78 is 0. The number of para-hydroxylation sites is 1. The van der Waals surface area contributed by atoms with Gasteiger partial charge in [-0.2, -0.15) is 0 Å². The summed E-state index contributed by atoms with van der Waals surface area (Å²) >= 11 is 1.62. The van der Waals surface area contributed by atoms with Gasteiger partial charge in [0, 0.05) is 16.0 Å². The normalized spacial score (nSPS) is 10.7. The molecule has 0 spiro atoms. The van der Waals surface area contributed by atoms with Gasteiger partial charge in [0.25, 0.3) is 0 Å². The molecule has 0 fully saturated rings. The second-order valence-electron chi connectivity index (χ2n) is 5.75. The molecule has 3 aromatic carbocycles. The predicted molar refractivity (Wildman–Crippen MR) is 109 cm³/mol. The number of benzene rings is 3. The number of hydrogen-bond acceptors (Lipinski definition) is 2. The average Bonchev–Trinajstić information content (AvgIpc) is 2.66. The van der Waals surface area contributed by atoms with Gasteiger partial charge in [-0.15, -0.1) is 0 Å². The monoisotopic (exact) mass is 360 g/mol. The summed E-state index contributed by atoms with van der Waals surface area (Å²) in [5, 5.41) is 5.65. The van der Waals surface area contributed by atoms with Gasteiger partial charge in [-0.05, 0) is 42.8 Å². The first-order valence-corrected chi connectivity index (χ1v) is 9.15. The van der Waals surface area contributed by atoms with Crippen molar-refractivity contribution in [3.05, 3.63) is 96.2 Å². The van der Waals surface area contributed by atoms with E-state index in [2.05, 4.69) is 10.6 Å². The molecule has 3 nitrogen and oxygen atoms in total. The fourth-order valence-corrected chi connectivity index (χ4v) is 3.25. The van der Waals surface area contributed by atoms with Crippen molar-refractivity contribution in [2.75, 3.05) is 5.32 Å². The number of amides is 2. The molecule has 0 aliphatic heterocycles. The van der Waals surface area contributed by atoms with E-state index in [1.54, 1.807) is 18.0 Å². The molecule has 0 unspecified atom stereocenters. The van der Waals surface area contributed by atoms with Crippen molar-refractivity contribution >= 4 is 29.6 Å². The zero-order chi connectivity index (χ0) is 18.2. The molecular weight excluding hydrogens is 340 g/mol. The van der Waals surface area contributed by atoms with Crippen LogP contribution in [0.1, 0.15) is 11.1 Å². The zero-order valence-electron chi connectivity index (χ0n) is 14.5. The number of anilines is 1. The summed E-state index contributed by atoms with van der Waals surface area (Å²) in [6.07, 6.45) is 3.51. The van der Waals surface area contributed by atoms with Gasteiger partial charge in [-0.25, -0.2) is 4.79 Å². The van der Waals surface area contributed by atoms with E-state index in [0.717, 1.165) is 21.0 Å². The van der Waals surface area contributed by atoms with Crippen molar-refractivity contribution in [1.82, 2.24) is 5.32 Å². The van der Waals surface area contributed by atoms with Crippen LogP contribution in [0.25, 0.3) is 6.08 Å². The predicted octanol–water partition coefficient (Wildman–Crippen LogP) is 5.94. The molecule has 0 heterocycles. The maximum absolute atomic E-state index is 12.2. The van der Waals surface area contributed by atoms with Gasteiger partial charge in [0.05, 0.1) is 5.69 Å². The van der Waals surface area contributed by atoms with Crippen molar-refractivity contribution in [2.45, 2.75) is 16.7 Å².